The molecule has 3 heterocycles. The summed E-state index contributed by atoms with van der Waals surface area (Å²) in [6.45, 7) is 14.7. The largest absolute Gasteiger partial charge is 0.456 e. The van der Waals surface area contributed by atoms with E-state index < -0.39 is 19.2 Å². The fraction of sp³-hybridized carbons (Fsp3) is 0.500. The van der Waals surface area contributed by atoms with Gasteiger partial charge in [-0.2, -0.15) is 0 Å². The molecule has 0 spiro atoms. The average Bonchev–Trinajstić information content (AvgIpc) is 3.61. The Morgan fingerprint density at radius 1 is 1.13 bits per heavy atom. The zero-order valence-corrected chi connectivity index (χ0v) is 30.4. The van der Waals surface area contributed by atoms with Crippen molar-refractivity contribution in [2.24, 2.45) is 5.92 Å². The molecule has 2 saturated heterocycles. The van der Waals surface area contributed by atoms with Gasteiger partial charge in [-0.3, -0.25) is 29.5 Å². The van der Waals surface area contributed by atoms with Crippen LogP contribution in [-0.4, -0.2) is 77.1 Å². The van der Waals surface area contributed by atoms with Crippen LogP contribution >= 0.6 is 23.5 Å². The number of hydrogen-bond acceptors (Lipinski definition) is 10. The third-order valence-corrected chi connectivity index (χ3v) is 16.8. The van der Waals surface area contributed by atoms with E-state index in [0.29, 0.717) is 30.6 Å². The number of rotatable bonds is 13. The summed E-state index contributed by atoms with van der Waals surface area (Å²) < 4.78 is 13.2. The normalized spacial score (nSPS) is 22.2. The van der Waals surface area contributed by atoms with Gasteiger partial charge < -0.3 is 9.16 Å². The van der Waals surface area contributed by atoms with Crippen molar-refractivity contribution in [2.75, 3.05) is 19.6 Å². The van der Waals surface area contributed by atoms with Crippen molar-refractivity contribution < 1.29 is 28.5 Å². The van der Waals surface area contributed by atoms with Crippen LogP contribution in [0.15, 0.2) is 64.5 Å². The lowest BCUT2D eigenvalue weighted by atomic mass is 9.90. The number of carbonyl (C=O) groups excluding carboxylic acids is 3. The molecule has 3 aliphatic heterocycles. The maximum Gasteiger partial charge on any atom is 0.357 e. The van der Waals surface area contributed by atoms with Crippen molar-refractivity contribution in [2.45, 2.75) is 82.0 Å². The van der Waals surface area contributed by atoms with Gasteiger partial charge in [-0.05, 0) is 55.2 Å². The molecule has 5 rings (SSSR count). The molecule has 2 fully saturated rings. The van der Waals surface area contributed by atoms with Gasteiger partial charge in [0.15, 0.2) is 19.8 Å². The van der Waals surface area contributed by atoms with Gasteiger partial charge in [-0.15, -0.1) is 11.8 Å². The van der Waals surface area contributed by atoms with E-state index in [1.165, 1.54) is 23.9 Å². The van der Waals surface area contributed by atoms with Crippen LogP contribution in [-0.2, 0) is 25.4 Å². The number of non-ortho nitro benzene ring substituents is 1. The lowest BCUT2D eigenvalue weighted by Gasteiger charge is -2.48. The topological polar surface area (TPSA) is 119 Å². The highest BCUT2D eigenvalue weighted by Crippen LogP contribution is 2.56. The minimum Gasteiger partial charge on any atom is -0.456 e. The van der Waals surface area contributed by atoms with Crippen LogP contribution in [0.25, 0.3) is 0 Å². The number of nitrogens with zero attached hydrogens (tertiary/aromatic N) is 3. The van der Waals surface area contributed by atoms with E-state index in [0.717, 1.165) is 17.2 Å². The number of β-lactam (4-membered cyclic amide) rings is 1. The van der Waals surface area contributed by atoms with Crippen molar-refractivity contribution in [1.82, 2.24) is 9.80 Å². The van der Waals surface area contributed by atoms with E-state index in [1.54, 1.807) is 28.8 Å². The number of ether oxygens (including phenoxy) is 1. The Labute approximate surface area is 285 Å². The summed E-state index contributed by atoms with van der Waals surface area (Å²) in [5.41, 5.74) is 1.51. The Bertz CT molecular complexity index is 1540. The summed E-state index contributed by atoms with van der Waals surface area (Å²) in [4.78, 5) is 54.7. The van der Waals surface area contributed by atoms with Crippen LogP contribution in [0.5, 0.6) is 0 Å². The second-order valence-electron chi connectivity index (χ2n) is 13.8. The average molecular weight is 698 g/mol. The fourth-order valence-corrected chi connectivity index (χ4v) is 10.4. The molecule has 0 saturated carbocycles. The Morgan fingerprint density at radius 2 is 1.81 bits per heavy atom. The molecule has 2 aromatic rings. The van der Waals surface area contributed by atoms with E-state index in [1.807, 2.05) is 37.3 Å². The minimum absolute atomic E-state index is 0.0158. The molecule has 4 atom stereocenters. The van der Waals surface area contributed by atoms with Crippen LogP contribution < -0.4 is 0 Å². The molecule has 3 aliphatic rings. The van der Waals surface area contributed by atoms with Gasteiger partial charge in [0.2, 0.25) is 5.91 Å². The molecule has 0 unspecified atom stereocenters. The van der Waals surface area contributed by atoms with Crippen molar-refractivity contribution >= 4 is 55.2 Å². The number of ketones is 1. The van der Waals surface area contributed by atoms with Crippen LogP contribution in [0, 0.1) is 16.0 Å². The molecule has 10 nitrogen and oxygen atoms in total. The number of amides is 1. The van der Waals surface area contributed by atoms with E-state index in [4.69, 9.17) is 9.16 Å². The molecule has 47 heavy (non-hydrogen) atoms. The van der Waals surface area contributed by atoms with Gasteiger partial charge in [0.05, 0.1) is 27.7 Å². The van der Waals surface area contributed by atoms with E-state index in [9.17, 15) is 24.5 Å². The highest BCUT2D eigenvalue weighted by molar-refractivity contribution is 8.23. The van der Waals surface area contributed by atoms with E-state index in [2.05, 4.69) is 38.8 Å². The van der Waals surface area contributed by atoms with Gasteiger partial charge in [-0.1, -0.05) is 69.8 Å². The standard InChI is InChI=1S/C34H43N3O7S2Si/c1-7-27(44-47(5,6)34(2,3)4)28-30(39)36-29(32(40)43-21-22-13-15-24(16-14-22)37(41)42)33(46-31(28)36)45-25-17-18-35(19-25)20-26(38)23-11-9-8-10-12-23/h8-16,25,27-28,31H,7,17-21H2,1-6H3/t25-,27+,28-,31-/m1/s1. The number of fused-ring (bicyclic) bond motifs is 1. The number of esters is 1. The monoisotopic (exact) mass is 697 g/mol. The smallest absolute Gasteiger partial charge is 0.357 e. The SMILES string of the molecule is CC[C@H](O[Si](C)(C)C(C)(C)C)[C@@H]1C(=O)N2C(C(=O)OCc3ccc([N+](=O)[O-])cc3)=C(S[C@@H]3CCN(CC(=O)c4ccccc4)C3)S[C@H]12. The summed E-state index contributed by atoms with van der Waals surface area (Å²) in [6, 6.07) is 15.1. The Hall–Kier alpha value is -2.97. The van der Waals surface area contributed by atoms with Crippen molar-refractivity contribution in [3.63, 3.8) is 0 Å². The maximum absolute atomic E-state index is 13.8. The highest BCUT2D eigenvalue weighted by atomic mass is 32.2. The highest BCUT2D eigenvalue weighted by Gasteiger charge is 2.60. The first-order valence-electron chi connectivity index (χ1n) is 16.0. The molecule has 0 radical (unpaired) electrons. The number of Topliss-reactive ketones (excluding diaryl/α,β-unsaturated/α-hetero) is 1. The lowest BCUT2D eigenvalue weighted by molar-refractivity contribution is -0.384. The zero-order valence-electron chi connectivity index (χ0n) is 27.8. The van der Waals surface area contributed by atoms with Crippen molar-refractivity contribution in [1.29, 1.82) is 0 Å². The van der Waals surface area contributed by atoms with Crippen molar-refractivity contribution in [3.05, 3.63) is 85.8 Å². The quantitative estimate of drug-likeness (QED) is 0.0550. The predicted molar refractivity (Wildman–Crippen MR) is 187 cm³/mol. The van der Waals surface area contributed by atoms with Gasteiger partial charge in [0, 0.05) is 29.5 Å². The van der Waals surface area contributed by atoms with Crippen LogP contribution in [0.2, 0.25) is 18.1 Å². The molecule has 2 aromatic carbocycles. The number of carbonyl (C=O) groups is 3. The third kappa shape index (κ3) is 7.69. The Balaban J connectivity index is 1.32. The predicted octanol–water partition coefficient (Wildman–Crippen LogP) is 6.83. The zero-order chi connectivity index (χ0) is 34.1. The van der Waals surface area contributed by atoms with Crippen molar-refractivity contribution in [3.8, 4) is 0 Å². The molecule has 1 amide bonds. The summed E-state index contributed by atoms with van der Waals surface area (Å²) in [5.74, 6) is -1.03. The van der Waals surface area contributed by atoms with E-state index >= 15 is 0 Å². The third-order valence-electron chi connectivity index (χ3n) is 9.48. The summed E-state index contributed by atoms with van der Waals surface area (Å²) >= 11 is 3.11. The molecule has 0 N–H and O–H groups in total. The second-order valence-corrected chi connectivity index (χ2v) is 21.2. The Morgan fingerprint density at radius 3 is 2.43 bits per heavy atom. The fourth-order valence-electron chi connectivity index (χ4n) is 5.73. The molecule has 0 aliphatic carbocycles. The van der Waals surface area contributed by atoms with Gasteiger partial charge in [-0.25, -0.2) is 4.79 Å². The maximum atomic E-state index is 13.8. The molecular formula is C34H43N3O7S2Si. The number of benzene rings is 2. The van der Waals surface area contributed by atoms with Gasteiger partial charge in [0.25, 0.3) is 5.69 Å². The number of hydrogen-bond donors (Lipinski definition) is 0. The first kappa shape index (κ1) is 35.3. The number of likely N-dealkylation sites (tertiary alicyclic amines) is 1. The summed E-state index contributed by atoms with van der Waals surface area (Å²) in [5, 5.41) is 10.9. The summed E-state index contributed by atoms with van der Waals surface area (Å²) in [6.07, 6.45) is 1.27. The molecule has 0 aromatic heterocycles. The van der Waals surface area contributed by atoms with Crippen LogP contribution in [0.3, 0.4) is 0 Å². The first-order valence-corrected chi connectivity index (χ1v) is 20.7. The number of nitro groups is 1. The molecule has 0 bridgehead atoms. The summed E-state index contributed by atoms with van der Waals surface area (Å²) in [7, 11) is -2.17. The Kier molecular flexibility index (Phi) is 10.7. The van der Waals surface area contributed by atoms with Gasteiger partial charge >= 0.3 is 5.97 Å². The molecule has 13 heteroatoms. The first-order chi connectivity index (χ1) is 22.2. The molecular weight excluding hydrogens is 655 g/mol. The number of nitro benzene ring substituents is 1. The minimum atomic E-state index is -2.17. The van der Waals surface area contributed by atoms with Crippen LogP contribution in [0.4, 0.5) is 5.69 Å². The van der Waals surface area contributed by atoms with Gasteiger partial charge in [0.1, 0.15) is 12.0 Å². The molecule has 252 valence electrons. The second kappa shape index (κ2) is 14.3. The van der Waals surface area contributed by atoms with E-state index in [-0.39, 0.29) is 57.4 Å². The van der Waals surface area contributed by atoms with Crippen LogP contribution in [0.1, 0.15) is 56.5 Å². The lowest BCUT2D eigenvalue weighted by Crippen LogP contribution is -2.63. The number of thioether (sulfide) groups is 2.